The number of azo groups is 3. The van der Waals surface area contributed by atoms with E-state index in [1.54, 1.807) is 116 Å². The Morgan fingerprint density at radius 2 is 1.25 bits per heavy atom. The van der Waals surface area contributed by atoms with Gasteiger partial charge in [0.25, 0.3) is 16.0 Å². The standard InChI is InChI=1S/C41H32N8O6S/c1-23-18-30(14-17-34(23)46-45-31-12-8-25-4-3-5-39(33(25)21-31)56(53,54)55)44-48-36-22-38(50)37(19-24(36)2)49-47-35-16-9-27-20-29(13-15-32(27)40(35)51)43-41(52)26-6-10-28(42)11-7-26/h3-22,50-51H,42H2,1-2H3,(H,43,52)(H,53,54,55). The maximum absolute atomic E-state index is 12.6. The third-order valence-electron chi connectivity index (χ3n) is 8.79. The van der Waals surface area contributed by atoms with E-state index in [0.717, 1.165) is 5.56 Å². The van der Waals surface area contributed by atoms with Crippen molar-refractivity contribution in [1.82, 2.24) is 0 Å². The molecule has 7 aromatic carbocycles. The maximum atomic E-state index is 12.6. The summed E-state index contributed by atoms with van der Waals surface area (Å²) < 4.78 is 33.3. The number of carbonyl (C=O) groups is 1. The molecule has 6 N–H and O–H groups in total. The number of nitrogens with zero attached hydrogens (tertiary/aromatic N) is 6. The smallest absolute Gasteiger partial charge is 0.295 e. The average molecular weight is 765 g/mol. The number of aryl methyl sites for hydroxylation is 2. The first-order valence-electron chi connectivity index (χ1n) is 16.9. The molecule has 15 heteroatoms. The quantitative estimate of drug-likeness (QED) is 0.0542. The lowest BCUT2D eigenvalue weighted by molar-refractivity contribution is 0.102. The topological polar surface area (TPSA) is 224 Å². The molecule has 0 aliphatic rings. The molecule has 0 aromatic heterocycles. The second-order valence-electron chi connectivity index (χ2n) is 12.8. The molecule has 0 saturated carbocycles. The predicted molar refractivity (Wildman–Crippen MR) is 215 cm³/mol. The van der Waals surface area contributed by atoms with Crippen LogP contribution in [-0.2, 0) is 10.1 Å². The number of nitrogens with one attached hydrogen (secondary N) is 1. The molecule has 0 saturated heterocycles. The van der Waals surface area contributed by atoms with E-state index >= 15 is 0 Å². The van der Waals surface area contributed by atoms with Crippen LogP contribution in [0.5, 0.6) is 11.5 Å². The van der Waals surface area contributed by atoms with Gasteiger partial charge in [0.15, 0.2) is 5.75 Å². The molecule has 0 fully saturated rings. The molecule has 278 valence electrons. The van der Waals surface area contributed by atoms with Crippen molar-refractivity contribution in [3.63, 3.8) is 0 Å². The molecule has 0 radical (unpaired) electrons. The van der Waals surface area contributed by atoms with E-state index in [-0.39, 0.29) is 33.7 Å². The van der Waals surface area contributed by atoms with Crippen LogP contribution < -0.4 is 11.1 Å². The molecular formula is C41H32N8O6S. The molecule has 7 rings (SSSR count). The van der Waals surface area contributed by atoms with Gasteiger partial charge in [-0.1, -0.05) is 24.3 Å². The highest BCUT2D eigenvalue weighted by atomic mass is 32.2. The van der Waals surface area contributed by atoms with E-state index in [1.807, 2.05) is 6.92 Å². The number of hydrogen-bond acceptors (Lipinski definition) is 12. The van der Waals surface area contributed by atoms with Gasteiger partial charge in [-0.2, -0.15) is 28.9 Å². The molecule has 0 aliphatic carbocycles. The van der Waals surface area contributed by atoms with Crippen molar-refractivity contribution in [3.8, 4) is 11.5 Å². The minimum absolute atomic E-state index is 0.116. The first-order chi connectivity index (χ1) is 26.8. The van der Waals surface area contributed by atoms with Gasteiger partial charge in [-0.15, -0.1) is 10.2 Å². The molecule has 0 bridgehead atoms. The lowest BCUT2D eigenvalue weighted by atomic mass is 10.1. The zero-order valence-electron chi connectivity index (χ0n) is 29.8. The third kappa shape index (κ3) is 8.08. The highest BCUT2D eigenvalue weighted by Crippen LogP contribution is 2.40. The van der Waals surface area contributed by atoms with Crippen LogP contribution in [-0.4, -0.2) is 29.1 Å². The summed E-state index contributed by atoms with van der Waals surface area (Å²) in [6, 6.07) is 32.7. The van der Waals surface area contributed by atoms with Crippen molar-refractivity contribution in [2.75, 3.05) is 11.1 Å². The first kappa shape index (κ1) is 37.0. The summed E-state index contributed by atoms with van der Waals surface area (Å²) in [6.07, 6.45) is 0. The number of rotatable bonds is 9. The number of amides is 1. The van der Waals surface area contributed by atoms with Gasteiger partial charge >= 0.3 is 0 Å². The van der Waals surface area contributed by atoms with E-state index < -0.39 is 10.1 Å². The fourth-order valence-corrected chi connectivity index (χ4v) is 6.53. The molecule has 7 aromatic rings. The summed E-state index contributed by atoms with van der Waals surface area (Å²) in [7, 11) is -4.42. The second kappa shape index (κ2) is 15.2. The van der Waals surface area contributed by atoms with Gasteiger partial charge < -0.3 is 21.3 Å². The zero-order chi connectivity index (χ0) is 39.6. The van der Waals surface area contributed by atoms with Gasteiger partial charge in [-0.3, -0.25) is 9.35 Å². The minimum Gasteiger partial charge on any atom is -0.506 e. The van der Waals surface area contributed by atoms with E-state index in [1.165, 1.54) is 12.1 Å². The number of anilines is 2. The molecule has 0 spiro atoms. The summed E-state index contributed by atoms with van der Waals surface area (Å²) in [5.41, 5.74) is 10.9. The van der Waals surface area contributed by atoms with Crippen LogP contribution >= 0.6 is 0 Å². The van der Waals surface area contributed by atoms with Crippen LogP contribution in [0, 0.1) is 13.8 Å². The number of phenolic OH excluding ortho intramolecular Hbond substituents is 2. The van der Waals surface area contributed by atoms with Gasteiger partial charge in [0.05, 0.1) is 22.7 Å². The van der Waals surface area contributed by atoms with E-state index in [2.05, 4.69) is 36.0 Å². The lowest BCUT2D eigenvalue weighted by Gasteiger charge is -2.09. The summed E-state index contributed by atoms with van der Waals surface area (Å²) in [5, 5.41) is 52.2. The molecule has 56 heavy (non-hydrogen) atoms. The molecule has 1 amide bonds. The van der Waals surface area contributed by atoms with Gasteiger partial charge in [0.2, 0.25) is 0 Å². The highest BCUT2D eigenvalue weighted by molar-refractivity contribution is 7.86. The van der Waals surface area contributed by atoms with E-state index in [0.29, 0.717) is 66.8 Å². The Labute approximate surface area is 320 Å². The van der Waals surface area contributed by atoms with Crippen LogP contribution in [0.2, 0.25) is 0 Å². The first-order valence-corrected chi connectivity index (χ1v) is 18.4. The number of benzene rings is 7. The van der Waals surface area contributed by atoms with Crippen molar-refractivity contribution in [2.24, 2.45) is 30.7 Å². The van der Waals surface area contributed by atoms with Crippen molar-refractivity contribution < 1.29 is 28.0 Å². The predicted octanol–water partition coefficient (Wildman–Crippen LogP) is 11.3. The van der Waals surface area contributed by atoms with Gasteiger partial charge in [-0.25, -0.2) is 0 Å². The number of phenols is 2. The number of nitrogen functional groups attached to an aromatic ring is 1. The average Bonchev–Trinajstić information content (AvgIpc) is 3.17. The Morgan fingerprint density at radius 1 is 0.607 bits per heavy atom. The van der Waals surface area contributed by atoms with Crippen molar-refractivity contribution in [1.29, 1.82) is 0 Å². The monoisotopic (exact) mass is 764 g/mol. The molecule has 0 aliphatic heterocycles. The van der Waals surface area contributed by atoms with E-state index in [4.69, 9.17) is 5.73 Å². The molecule has 14 nitrogen and oxygen atoms in total. The number of fused-ring (bicyclic) bond motifs is 2. The van der Waals surface area contributed by atoms with Crippen molar-refractivity contribution in [3.05, 3.63) is 138 Å². The third-order valence-corrected chi connectivity index (χ3v) is 9.70. The molecule has 0 atom stereocenters. The Kier molecular flexibility index (Phi) is 10.0. The fraction of sp³-hybridized carbons (Fsp3) is 0.0488. The summed E-state index contributed by atoms with van der Waals surface area (Å²) in [6.45, 7) is 3.61. The fourth-order valence-electron chi connectivity index (χ4n) is 5.82. The van der Waals surface area contributed by atoms with Crippen LogP contribution in [0.4, 0.5) is 45.5 Å². The van der Waals surface area contributed by atoms with Crippen LogP contribution in [0.15, 0.2) is 157 Å². The van der Waals surface area contributed by atoms with Crippen LogP contribution in [0.25, 0.3) is 21.5 Å². The Hall–Kier alpha value is -7.36. The van der Waals surface area contributed by atoms with Crippen molar-refractivity contribution >= 4 is 83.1 Å². The van der Waals surface area contributed by atoms with E-state index in [9.17, 15) is 28.0 Å². The molecule has 0 heterocycles. The van der Waals surface area contributed by atoms with Gasteiger partial charge in [0, 0.05) is 33.8 Å². The largest absolute Gasteiger partial charge is 0.506 e. The normalized spacial score (nSPS) is 12.1. The minimum atomic E-state index is -4.42. The summed E-state index contributed by atoms with van der Waals surface area (Å²) in [4.78, 5) is 12.4. The van der Waals surface area contributed by atoms with Gasteiger partial charge in [0.1, 0.15) is 22.0 Å². The lowest BCUT2D eigenvalue weighted by Crippen LogP contribution is -2.11. The Bertz CT molecular complexity index is 2890. The van der Waals surface area contributed by atoms with Gasteiger partial charge in [-0.05, 0) is 127 Å². The SMILES string of the molecule is Cc1cc(N=Nc2cc(O)c(N=Nc3ccc4cc(NC(=O)c5ccc(N)cc5)ccc4c3O)cc2C)ccc1N=Nc1ccc2cccc(S(=O)(=O)O)c2c1. The number of nitrogens with two attached hydrogens (primary N) is 1. The number of aromatic hydroxyl groups is 2. The Balaban J connectivity index is 1.03. The molecular weight excluding hydrogens is 733 g/mol. The summed E-state index contributed by atoms with van der Waals surface area (Å²) >= 11 is 0. The van der Waals surface area contributed by atoms with Crippen LogP contribution in [0.1, 0.15) is 21.5 Å². The molecule has 0 unspecified atom stereocenters. The summed E-state index contributed by atoms with van der Waals surface area (Å²) in [5.74, 6) is -0.608. The Morgan fingerprint density at radius 3 is 2.00 bits per heavy atom. The number of hydrogen-bond donors (Lipinski definition) is 5. The number of carbonyl (C=O) groups excluding carboxylic acids is 1. The zero-order valence-corrected chi connectivity index (χ0v) is 30.6. The van der Waals surface area contributed by atoms with Crippen LogP contribution in [0.3, 0.4) is 0 Å². The maximum Gasteiger partial charge on any atom is 0.295 e. The van der Waals surface area contributed by atoms with Crippen molar-refractivity contribution in [2.45, 2.75) is 18.7 Å². The highest BCUT2D eigenvalue weighted by Gasteiger charge is 2.15. The second-order valence-corrected chi connectivity index (χ2v) is 14.2.